The number of hydrogen-bond donors (Lipinski definition) is 2. The number of sulfonamides is 1. The van der Waals surface area contributed by atoms with Crippen LogP contribution in [0.5, 0.6) is 0 Å². The monoisotopic (exact) mass is 442 g/mol. The molecule has 2 aromatic carbocycles. The fraction of sp³-hybridized carbons (Fsp3) is 0.261. The van der Waals surface area contributed by atoms with E-state index in [-0.39, 0.29) is 10.8 Å². The molecule has 2 N–H and O–H groups in total. The van der Waals surface area contributed by atoms with Crippen molar-refractivity contribution in [2.24, 2.45) is 0 Å². The molecule has 1 amide bonds. The van der Waals surface area contributed by atoms with Gasteiger partial charge in [-0.1, -0.05) is 24.3 Å². The Morgan fingerprint density at radius 2 is 1.81 bits per heavy atom. The van der Waals surface area contributed by atoms with Gasteiger partial charge in [-0.05, 0) is 67.4 Å². The van der Waals surface area contributed by atoms with Crippen molar-refractivity contribution in [3.05, 3.63) is 88.4 Å². The Balaban J connectivity index is 1.64. The molecular weight excluding hydrogens is 416 g/mol. The number of carbonyl (C=O) groups excluding carboxylic acids is 1. The van der Waals surface area contributed by atoms with E-state index in [9.17, 15) is 13.2 Å². The number of carbonyl (C=O) groups is 1. The summed E-state index contributed by atoms with van der Waals surface area (Å²) in [4.78, 5) is 12.8. The number of furan rings is 1. The molecule has 3 aromatic rings. The van der Waals surface area contributed by atoms with Crippen LogP contribution in [0, 0.1) is 13.8 Å². The molecule has 7 nitrogen and oxygen atoms in total. The molecule has 0 unspecified atom stereocenters. The molecular formula is C23H26N2O5S. The summed E-state index contributed by atoms with van der Waals surface area (Å²) in [7, 11) is -2.31. The number of aryl methyl sites for hydroxylation is 1. The van der Waals surface area contributed by atoms with Crippen LogP contribution in [0.15, 0.2) is 64.1 Å². The topological polar surface area (TPSA) is 97.6 Å². The Bertz CT molecular complexity index is 1150. The summed E-state index contributed by atoms with van der Waals surface area (Å²) >= 11 is 0. The van der Waals surface area contributed by atoms with Gasteiger partial charge in [-0.3, -0.25) is 4.79 Å². The van der Waals surface area contributed by atoms with E-state index >= 15 is 0 Å². The van der Waals surface area contributed by atoms with E-state index in [0.717, 1.165) is 22.5 Å². The highest BCUT2D eigenvalue weighted by Crippen LogP contribution is 2.21. The molecule has 0 aliphatic carbocycles. The average Bonchev–Trinajstić information content (AvgIpc) is 3.27. The molecule has 1 heterocycles. The number of hydrogen-bond acceptors (Lipinski definition) is 5. The number of amides is 1. The van der Waals surface area contributed by atoms with Crippen molar-refractivity contribution >= 4 is 15.9 Å². The van der Waals surface area contributed by atoms with E-state index < -0.39 is 10.0 Å². The molecule has 0 spiro atoms. The van der Waals surface area contributed by atoms with Gasteiger partial charge in [0.1, 0.15) is 12.4 Å². The molecule has 0 fully saturated rings. The molecule has 0 atom stereocenters. The Hall–Kier alpha value is -2.94. The van der Waals surface area contributed by atoms with Gasteiger partial charge in [-0.2, -0.15) is 0 Å². The molecule has 0 saturated heterocycles. The van der Waals surface area contributed by atoms with Gasteiger partial charge in [0.2, 0.25) is 10.0 Å². The summed E-state index contributed by atoms with van der Waals surface area (Å²) in [5.41, 5.74) is 3.55. The minimum atomic E-state index is -3.66. The van der Waals surface area contributed by atoms with Gasteiger partial charge in [-0.25, -0.2) is 13.1 Å². The van der Waals surface area contributed by atoms with Gasteiger partial charge in [-0.15, -0.1) is 0 Å². The number of benzene rings is 2. The SMILES string of the molecule is CNS(=O)(=O)c1cc(C(=O)NCc2cccc(COCc3ccco3)c2)cc(C)c1C. The second-order valence-corrected chi connectivity index (χ2v) is 9.05. The van der Waals surface area contributed by atoms with Gasteiger partial charge in [0.25, 0.3) is 5.91 Å². The zero-order chi connectivity index (χ0) is 22.4. The predicted octanol–water partition coefficient (Wildman–Crippen LogP) is 3.45. The van der Waals surface area contributed by atoms with Gasteiger partial charge in [0.15, 0.2) is 0 Å². The minimum absolute atomic E-state index is 0.107. The Labute approximate surface area is 182 Å². The van der Waals surface area contributed by atoms with Crippen molar-refractivity contribution in [3.8, 4) is 0 Å². The lowest BCUT2D eigenvalue weighted by molar-refractivity contribution is 0.0928. The quantitative estimate of drug-likeness (QED) is 0.529. The van der Waals surface area contributed by atoms with E-state index in [1.54, 1.807) is 26.2 Å². The lowest BCUT2D eigenvalue weighted by Crippen LogP contribution is -2.25. The maximum absolute atomic E-state index is 12.7. The molecule has 0 radical (unpaired) electrons. The van der Waals surface area contributed by atoms with Crippen LogP contribution in [0.1, 0.15) is 38.4 Å². The highest BCUT2D eigenvalue weighted by Gasteiger charge is 2.19. The first-order valence-electron chi connectivity index (χ1n) is 9.81. The second kappa shape index (κ2) is 9.91. The van der Waals surface area contributed by atoms with E-state index in [2.05, 4.69) is 10.0 Å². The van der Waals surface area contributed by atoms with Crippen LogP contribution in [0.25, 0.3) is 0 Å². The third-order valence-electron chi connectivity index (χ3n) is 4.98. The summed E-state index contributed by atoms with van der Waals surface area (Å²) in [5, 5.41) is 2.85. The maximum Gasteiger partial charge on any atom is 0.251 e. The summed E-state index contributed by atoms with van der Waals surface area (Å²) in [6.45, 7) is 4.63. The van der Waals surface area contributed by atoms with E-state index in [4.69, 9.17) is 9.15 Å². The van der Waals surface area contributed by atoms with Crippen LogP contribution in [-0.4, -0.2) is 21.4 Å². The molecule has 0 aliphatic heterocycles. The minimum Gasteiger partial charge on any atom is -0.467 e. The lowest BCUT2D eigenvalue weighted by Gasteiger charge is -2.13. The molecule has 0 saturated carbocycles. The second-order valence-electron chi connectivity index (χ2n) is 7.20. The molecule has 164 valence electrons. The summed E-state index contributed by atoms with van der Waals surface area (Å²) < 4.78 is 37.7. The van der Waals surface area contributed by atoms with Crippen LogP contribution in [-0.2, 0) is 34.5 Å². The van der Waals surface area contributed by atoms with Crippen molar-refractivity contribution in [2.45, 2.75) is 38.5 Å². The van der Waals surface area contributed by atoms with Crippen molar-refractivity contribution in [2.75, 3.05) is 7.05 Å². The highest BCUT2D eigenvalue weighted by atomic mass is 32.2. The van der Waals surface area contributed by atoms with Crippen LogP contribution in [0.4, 0.5) is 0 Å². The van der Waals surface area contributed by atoms with Crippen LogP contribution in [0.3, 0.4) is 0 Å². The van der Waals surface area contributed by atoms with Gasteiger partial charge >= 0.3 is 0 Å². The zero-order valence-corrected chi connectivity index (χ0v) is 18.6. The average molecular weight is 443 g/mol. The van der Waals surface area contributed by atoms with Crippen LogP contribution in [0.2, 0.25) is 0 Å². The molecule has 0 aliphatic rings. The summed E-state index contributed by atoms with van der Waals surface area (Å²) in [6.07, 6.45) is 1.61. The van der Waals surface area contributed by atoms with Gasteiger partial charge < -0.3 is 14.5 Å². The van der Waals surface area contributed by atoms with Gasteiger partial charge in [0.05, 0.1) is 17.8 Å². The smallest absolute Gasteiger partial charge is 0.251 e. The normalized spacial score (nSPS) is 11.5. The first-order valence-corrected chi connectivity index (χ1v) is 11.3. The third-order valence-corrected chi connectivity index (χ3v) is 6.52. The van der Waals surface area contributed by atoms with Gasteiger partial charge in [0, 0.05) is 12.1 Å². The maximum atomic E-state index is 12.7. The molecule has 31 heavy (non-hydrogen) atoms. The van der Waals surface area contributed by atoms with E-state index in [1.165, 1.54) is 13.1 Å². The molecule has 3 rings (SSSR count). The molecule has 0 bridgehead atoms. The summed E-state index contributed by atoms with van der Waals surface area (Å²) in [6, 6.07) is 14.5. The highest BCUT2D eigenvalue weighted by molar-refractivity contribution is 7.89. The Kier molecular flexibility index (Phi) is 7.27. The standard InChI is InChI=1S/C23H26N2O5S/c1-16-10-20(12-22(17(16)2)31(27,28)24-3)23(26)25-13-18-6-4-7-19(11-18)14-29-15-21-8-5-9-30-21/h4-12,24H,13-15H2,1-3H3,(H,25,26). The first kappa shape index (κ1) is 22.7. The van der Waals surface area contributed by atoms with Crippen LogP contribution >= 0.6 is 0 Å². The Morgan fingerprint density at radius 3 is 2.52 bits per heavy atom. The lowest BCUT2D eigenvalue weighted by atomic mass is 10.1. The molecule has 1 aromatic heterocycles. The fourth-order valence-electron chi connectivity index (χ4n) is 3.13. The number of nitrogens with one attached hydrogen (secondary N) is 2. The van der Waals surface area contributed by atoms with E-state index in [1.807, 2.05) is 36.4 Å². The zero-order valence-electron chi connectivity index (χ0n) is 17.8. The van der Waals surface area contributed by atoms with Crippen molar-refractivity contribution < 1.29 is 22.4 Å². The number of ether oxygens (including phenoxy) is 1. The summed E-state index contributed by atoms with van der Waals surface area (Å²) in [5.74, 6) is 0.423. The van der Waals surface area contributed by atoms with Crippen molar-refractivity contribution in [1.82, 2.24) is 10.0 Å². The Morgan fingerprint density at radius 1 is 1.03 bits per heavy atom. The third kappa shape index (κ3) is 5.81. The van der Waals surface area contributed by atoms with Crippen molar-refractivity contribution in [3.63, 3.8) is 0 Å². The van der Waals surface area contributed by atoms with Crippen molar-refractivity contribution in [1.29, 1.82) is 0 Å². The first-order chi connectivity index (χ1) is 14.8. The van der Waals surface area contributed by atoms with Crippen LogP contribution < -0.4 is 10.0 Å². The molecule has 8 heteroatoms. The predicted molar refractivity (Wildman–Crippen MR) is 117 cm³/mol. The largest absolute Gasteiger partial charge is 0.467 e. The fourth-order valence-corrected chi connectivity index (χ4v) is 4.19. The van der Waals surface area contributed by atoms with E-state index in [0.29, 0.717) is 30.9 Å². The number of rotatable bonds is 9.